The molecule has 0 spiro atoms. The molecule has 4 rings (SSSR count). The third-order valence-electron chi connectivity index (χ3n) is 6.44. The molecule has 8 heteroatoms. The van der Waals surface area contributed by atoms with Crippen molar-refractivity contribution in [3.8, 4) is 0 Å². The van der Waals surface area contributed by atoms with Gasteiger partial charge in [-0.2, -0.15) is 0 Å². The smallest absolute Gasteiger partial charge is 0.255 e. The normalized spacial score (nSPS) is 13.6. The van der Waals surface area contributed by atoms with E-state index in [1.165, 1.54) is 0 Å². The van der Waals surface area contributed by atoms with Gasteiger partial charge < -0.3 is 20.4 Å². The van der Waals surface area contributed by atoms with Crippen LogP contribution in [0, 0.1) is 0 Å². The molecule has 3 aromatic carbocycles. The largest absolute Gasteiger partial charge is 0.368 e. The summed E-state index contributed by atoms with van der Waals surface area (Å²) in [5, 5.41) is 6.64. The first-order valence-corrected chi connectivity index (χ1v) is 12.8. The van der Waals surface area contributed by atoms with Crippen LogP contribution in [0.5, 0.6) is 0 Å². The van der Waals surface area contributed by atoms with Crippen LogP contribution in [0.1, 0.15) is 39.6 Å². The summed E-state index contributed by atoms with van der Waals surface area (Å²) in [7, 11) is 0. The maximum atomic E-state index is 13.0. The monoisotopic (exact) mass is 518 g/mol. The number of amides is 3. The van der Waals surface area contributed by atoms with Crippen LogP contribution in [0.3, 0.4) is 0 Å². The standard InChI is InChI=1S/C29H31ClN4O3/c1-21(35)33-16-5-17-34(19-18-33)27-13-10-24(20-26(27)32-29(37)23-6-3-2-4-7-23)28(36)31-15-14-22-8-11-25(30)12-9-22/h2-4,6-13,20H,5,14-19H2,1H3,(H,31,36)(H,32,37). The van der Waals surface area contributed by atoms with Gasteiger partial charge in [0, 0.05) is 55.8 Å². The van der Waals surface area contributed by atoms with Crippen molar-refractivity contribution in [2.24, 2.45) is 0 Å². The van der Waals surface area contributed by atoms with E-state index in [0.717, 1.165) is 24.2 Å². The second kappa shape index (κ2) is 12.4. The van der Waals surface area contributed by atoms with E-state index in [1.807, 2.05) is 53.4 Å². The van der Waals surface area contributed by atoms with Crippen molar-refractivity contribution in [3.63, 3.8) is 0 Å². The van der Waals surface area contributed by atoms with E-state index < -0.39 is 0 Å². The average Bonchev–Trinajstić information content (AvgIpc) is 3.17. The topological polar surface area (TPSA) is 81.8 Å². The Morgan fingerprint density at radius 1 is 0.838 bits per heavy atom. The molecule has 7 nitrogen and oxygen atoms in total. The van der Waals surface area contributed by atoms with Gasteiger partial charge in [0.2, 0.25) is 5.91 Å². The predicted molar refractivity (Wildman–Crippen MR) is 147 cm³/mol. The summed E-state index contributed by atoms with van der Waals surface area (Å²) in [6, 6.07) is 21.9. The summed E-state index contributed by atoms with van der Waals surface area (Å²) in [6.45, 7) is 4.74. The Kier molecular flexibility index (Phi) is 8.80. The van der Waals surface area contributed by atoms with E-state index in [-0.39, 0.29) is 17.7 Å². The van der Waals surface area contributed by atoms with Gasteiger partial charge in [0.05, 0.1) is 11.4 Å². The number of halogens is 1. The number of carbonyl (C=O) groups is 3. The lowest BCUT2D eigenvalue weighted by atomic mass is 10.1. The molecule has 0 unspecified atom stereocenters. The highest BCUT2D eigenvalue weighted by molar-refractivity contribution is 6.30. The molecule has 0 bridgehead atoms. The lowest BCUT2D eigenvalue weighted by Crippen LogP contribution is -2.34. The van der Waals surface area contributed by atoms with Crippen LogP contribution in [0.4, 0.5) is 11.4 Å². The zero-order valence-corrected chi connectivity index (χ0v) is 21.6. The van der Waals surface area contributed by atoms with Gasteiger partial charge in [-0.25, -0.2) is 0 Å². The molecule has 1 aliphatic rings. The quantitative estimate of drug-likeness (QED) is 0.478. The molecule has 2 N–H and O–H groups in total. The summed E-state index contributed by atoms with van der Waals surface area (Å²) in [5.41, 5.74) is 3.47. The third kappa shape index (κ3) is 7.11. The highest BCUT2D eigenvalue weighted by atomic mass is 35.5. The fourth-order valence-corrected chi connectivity index (χ4v) is 4.51. The molecule has 192 valence electrons. The SMILES string of the molecule is CC(=O)N1CCCN(c2ccc(C(=O)NCCc3ccc(Cl)cc3)cc2NC(=O)c2ccccc2)CC1. The van der Waals surface area contributed by atoms with Crippen LogP contribution in [-0.4, -0.2) is 55.3 Å². The molecule has 0 saturated carbocycles. The minimum absolute atomic E-state index is 0.0603. The molecule has 37 heavy (non-hydrogen) atoms. The van der Waals surface area contributed by atoms with E-state index in [2.05, 4.69) is 15.5 Å². The predicted octanol–water partition coefficient (Wildman–Crippen LogP) is 4.62. The first kappa shape index (κ1) is 26.2. The lowest BCUT2D eigenvalue weighted by molar-refractivity contribution is -0.128. The molecule has 0 atom stereocenters. The lowest BCUT2D eigenvalue weighted by Gasteiger charge is -2.26. The van der Waals surface area contributed by atoms with Crippen molar-refractivity contribution >= 4 is 40.7 Å². The molecule has 1 heterocycles. The Balaban J connectivity index is 1.52. The van der Waals surface area contributed by atoms with E-state index in [1.54, 1.807) is 31.2 Å². The van der Waals surface area contributed by atoms with Gasteiger partial charge in [0.1, 0.15) is 0 Å². The maximum Gasteiger partial charge on any atom is 0.255 e. The molecular weight excluding hydrogens is 488 g/mol. The molecular formula is C29H31ClN4O3. The summed E-state index contributed by atoms with van der Waals surface area (Å²) < 4.78 is 0. The molecule has 0 aromatic heterocycles. The zero-order chi connectivity index (χ0) is 26.2. The van der Waals surface area contributed by atoms with Gasteiger partial charge in [-0.05, 0) is 60.9 Å². The van der Waals surface area contributed by atoms with E-state index >= 15 is 0 Å². The van der Waals surface area contributed by atoms with Crippen molar-refractivity contribution in [1.82, 2.24) is 10.2 Å². The number of anilines is 2. The first-order valence-electron chi connectivity index (χ1n) is 12.4. The maximum absolute atomic E-state index is 13.0. The first-order chi connectivity index (χ1) is 17.9. The highest BCUT2D eigenvalue weighted by Gasteiger charge is 2.21. The molecule has 1 fully saturated rings. The summed E-state index contributed by atoms with van der Waals surface area (Å²) in [5.74, 6) is -0.401. The second-order valence-electron chi connectivity index (χ2n) is 9.03. The number of nitrogens with zero attached hydrogens (tertiary/aromatic N) is 2. The Morgan fingerprint density at radius 2 is 1.59 bits per heavy atom. The number of rotatable bonds is 7. The Morgan fingerprint density at radius 3 is 2.32 bits per heavy atom. The number of carbonyl (C=O) groups excluding carboxylic acids is 3. The molecule has 0 aliphatic carbocycles. The van der Waals surface area contributed by atoms with Crippen molar-refractivity contribution in [1.29, 1.82) is 0 Å². The molecule has 1 saturated heterocycles. The summed E-state index contributed by atoms with van der Waals surface area (Å²) in [4.78, 5) is 41.8. The minimum Gasteiger partial charge on any atom is -0.368 e. The van der Waals surface area contributed by atoms with Crippen LogP contribution in [0.15, 0.2) is 72.8 Å². The van der Waals surface area contributed by atoms with E-state index in [0.29, 0.717) is 54.4 Å². The number of hydrogen-bond acceptors (Lipinski definition) is 4. The van der Waals surface area contributed by atoms with Gasteiger partial charge in [-0.3, -0.25) is 14.4 Å². The Hall–Kier alpha value is -3.84. The fourth-order valence-electron chi connectivity index (χ4n) is 4.38. The zero-order valence-electron chi connectivity index (χ0n) is 20.9. The number of nitrogens with one attached hydrogen (secondary N) is 2. The van der Waals surface area contributed by atoms with Gasteiger partial charge in [0.25, 0.3) is 11.8 Å². The van der Waals surface area contributed by atoms with Crippen LogP contribution >= 0.6 is 11.6 Å². The van der Waals surface area contributed by atoms with Crippen molar-refractivity contribution in [2.75, 3.05) is 42.9 Å². The second-order valence-corrected chi connectivity index (χ2v) is 9.47. The van der Waals surface area contributed by atoms with Gasteiger partial charge >= 0.3 is 0 Å². The molecule has 0 radical (unpaired) electrons. The Labute approximate surface area is 222 Å². The number of hydrogen-bond donors (Lipinski definition) is 2. The highest BCUT2D eigenvalue weighted by Crippen LogP contribution is 2.29. The molecule has 3 amide bonds. The third-order valence-corrected chi connectivity index (χ3v) is 6.69. The van der Waals surface area contributed by atoms with Crippen molar-refractivity contribution < 1.29 is 14.4 Å². The van der Waals surface area contributed by atoms with Crippen molar-refractivity contribution in [2.45, 2.75) is 19.8 Å². The summed E-state index contributed by atoms with van der Waals surface area (Å²) in [6.07, 6.45) is 1.50. The minimum atomic E-state index is -0.248. The van der Waals surface area contributed by atoms with E-state index in [4.69, 9.17) is 11.6 Å². The van der Waals surface area contributed by atoms with Gasteiger partial charge in [-0.15, -0.1) is 0 Å². The van der Waals surface area contributed by atoms with Crippen LogP contribution in [0.2, 0.25) is 5.02 Å². The van der Waals surface area contributed by atoms with Crippen LogP contribution in [-0.2, 0) is 11.2 Å². The van der Waals surface area contributed by atoms with Gasteiger partial charge in [0.15, 0.2) is 0 Å². The van der Waals surface area contributed by atoms with E-state index in [9.17, 15) is 14.4 Å². The van der Waals surface area contributed by atoms with Crippen molar-refractivity contribution in [3.05, 3.63) is 94.5 Å². The fraction of sp³-hybridized carbons (Fsp3) is 0.276. The number of benzene rings is 3. The van der Waals surface area contributed by atoms with Crippen LogP contribution < -0.4 is 15.5 Å². The summed E-state index contributed by atoms with van der Waals surface area (Å²) >= 11 is 5.94. The average molecular weight is 519 g/mol. The molecule has 3 aromatic rings. The van der Waals surface area contributed by atoms with Crippen LogP contribution in [0.25, 0.3) is 0 Å². The molecule has 1 aliphatic heterocycles. The van der Waals surface area contributed by atoms with Gasteiger partial charge in [-0.1, -0.05) is 41.9 Å². The Bertz CT molecular complexity index is 1250.